The Balaban J connectivity index is 2.75. The van der Waals surface area contributed by atoms with Gasteiger partial charge in [-0.05, 0) is 52.2 Å². The molecule has 0 aliphatic rings. The number of nitrogens with one attached hydrogen (secondary N) is 3. The monoisotopic (exact) mass is 426 g/mol. The molecule has 0 heterocycles. The van der Waals surface area contributed by atoms with Gasteiger partial charge in [0.1, 0.15) is 0 Å². The van der Waals surface area contributed by atoms with Gasteiger partial charge in [-0.1, -0.05) is 31.5 Å². The highest BCUT2D eigenvalue weighted by atomic mass is 32.2. The van der Waals surface area contributed by atoms with Crippen LogP contribution in [0.3, 0.4) is 0 Å². The minimum absolute atomic E-state index is 0.263. The van der Waals surface area contributed by atoms with Gasteiger partial charge in [-0.3, -0.25) is 0 Å². The van der Waals surface area contributed by atoms with Crippen LogP contribution >= 0.6 is 0 Å². The van der Waals surface area contributed by atoms with Crippen LogP contribution in [0.15, 0.2) is 34.2 Å². The number of hydrogen-bond donors (Lipinski definition) is 3. The maximum Gasteiger partial charge on any atom is 0.241 e. The summed E-state index contributed by atoms with van der Waals surface area (Å²) in [7, 11) is -3.62. The summed E-state index contributed by atoms with van der Waals surface area (Å²) in [6.45, 7) is 12.9. The lowest BCUT2D eigenvalue weighted by Crippen LogP contribution is -2.40. The lowest BCUT2D eigenvalue weighted by Gasteiger charge is -2.21. The zero-order valence-corrected chi connectivity index (χ0v) is 19.4. The van der Waals surface area contributed by atoms with Crippen molar-refractivity contribution in [3.05, 3.63) is 29.8 Å². The summed E-state index contributed by atoms with van der Waals surface area (Å²) >= 11 is 0. The van der Waals surface area contributed by atoms with Crippen LogP contribution in [0, 0.1) is 0 Å². The highest BCUT2D eigenvalue weighted by Crippen LogP contribution is 2.18. The molecule has 0 aromatic heterocycles. The first-order valence-electron chi connectivity index (χ1n) is 10.4. The average Bonchev–Trinajstić information content (AvgIpc) is 2.63. The molecular weight excluding hydrogens is 388 g/mol. The number of ether oxygens (including phenoxy) is 1. The fraction of sp³-hybridized carbons (Fsp3) is 0.667. The van der Waals surface area contributed by atoms with E-state index in [1.165, 1.54) is 0 Å². The summed E-state index contributed by atoms with van der Waals surface area (Å²) in [5.74, 6) is 0.664. The van der Waals surface area contributed by atoms with E-state index in [2.05, 4.69) is 27.3 Å². The van der Waals surface area contributed by atoms with E-state index in [4.69, 9.17) is 4.74 Å². The second-order valence-corrected chi connectivity index (χ2v) is 9.56. The van der Waals surface area contributed by atoms with Gasteiger partial charge in [0, 0.05) is 31.8 Å². The van der Waals surface area contributed by atoms with Crippen molar-refractivity contribution < 1.29 is 13.2 Å². The maximum absolute atomic E-state index is 12.8. The molecule has 3 N–H and O–H groups in total. The fourth-order valence-electron chi connectivity index (χ4n) is 2.59. The molecular formula is C21H38N4O3S. The molecule has 0 spiro atoms. The number of benzene rings is 1. The van der Waals surface area contributed by atoms with Gasteiger partial charge in [0.05, 0.1) is 11.4 Å². The quantitative estimate of drug-likeness (QED) is 0.271. The molecule has 1 aromatic carbocycles. The van der Waals surface area contributed by atoms with Crippen LogP contribution in [0.4, 0.5) is 0 Å². The fourth-order valence-corrected chi connectivity index (χ4v) is 4.24. The zero-order valence-electron chi connectivity index (χ0n) is 18.5. The predicted octanol–water partition coefficient (Wildman–Crippen LogP) is 3.03. The topological polar surface area (TPSA) is 91.8 Å². The molecule has 1 rings (SSSR count). The number of nitrogens with zero attached hydrogens (tertiary/aromatic N) is 1. The normalized spacial score (nSPS) is 12.8. The molecule has 8 heteroatoms. The number of sulfonamides is 1. The smallest absolute Gasteiger partial charge is 0.241 e. The van der Waals surface area contributed by atoms with Crippen molar-refractivity contribution in [2.24, 2.45) is 4.99 Å². The maximum atomic E-state index is 12.8. The third-order valence-corrected chi connectivity index (χ3v) is 5.71. The minimum atomic E-state index is -3.62. The second kappa shape index (κ2) is 12.8. The van der Waals surface area contributed by atoms with E-state index < -0.39 is 15.6 Å². The second-order valence-electron chi connectivity index (χ2n) is 7.90. The number of rotatable bonds is 12. The lowest BCUT2D eigenvalue weighted by atomic mass is 10.1. The predicted molar refractivity (Wildman–Crippen MR) is 120 cm³/mol. The Bertz CT molecular complexity index is 728. The number of guanidine groups is 1. The van der Waals surface area contributed by atoms with E-state index in [0.29, 0.717) is 18.1 Å². The standard InChI is InChI=1S/C21H38N4O3S/c1-6-8-15-28-16-11-14-23-20(22-7-2)24-17-18-12-9-10-13-19(18)29(26,27)25-21(3,4)5/h9-10,12-13,25H,6-8,11,14-17H2,1-5H3,(H2,22,23,24). The van der Waals surface area contributed by atoms with Crippen molar-refractivity contribution in [3.8, 4) is 0 Å². The van der Waals surface area contributed by atoms with E-state index >= 15 is 0 Å². The van der Waals surface area contributed by atoms with Gasteiger partial charge in [0.15, 0.2) is 5.96 Å². The van der Waals surface area contributed by atoms with Crippen LogP contribution in [0.2, 0.25) is 0 Å². The van der Waals surface area contributed by atoms with Crippen molar-refractivity contribution in [1.82, 2.24) is 15.4 Å². The van der Waals surface area contributed by atoms with Crippen molar-refractivity contribution in [2.75, 3.05) is 26.3 Å². The first-order chi connectivity index (χ1) is 13.7. The van der Waals surface area contributed by atoms with Crippen LogP contribution in [-0.2, 0) is 21.3 Å². The molecule has 0 unspecified atom stereocenters. The number of aliphatic imine (C=N–C) groups is 1. The van der Waals surface area contributed by atoms with E-state index in [9.17, 15) is 8.42 Å². The number of hydrogen-bond acceptors (Lipinski definition) is 4. The summed E-state index contributed by atoms with van der Waals surface area (Å²) in [4.78, 5) is 4.83. The Labute approximate surface area is 176 Å². The molecule has 1 aromatic rings. The third-order valence-electron chi connectivity index (χ3n) is 3.85. The molecule has 0 radical (unpaired) electrons. The van der Waals surface area contributed by atoms with E-state index in [1.807, 2.05) is 33.8 Å². The highest BCUT2D eigenvalue weighted by Gasteiger charge is 2.24. The van der Waals surface area contributed by atoms with Crippen LogP contribution in [0.5, 0.6) is 0 Å². The molecule has 166 valence electrons. The molecule has 0 atom stereocenters. The van der Waals surface area contributed by atoms with Gasteiger partial charge in [-0.15, -0.1) is 0 Å². The molecule has 0 fully saturated rings. The SMILES string of the molecule is CCCCOCCCNC(=NCc1ccccc1S(=O)(=O)NC(C)(C)C)NCC. The molecule has 0 aliphatic carbocycles. The van der Waals surface area contributed by atoms with Gasteiger partial charge < -0.3 is 15.4 Å². The lowest BCUT2D eigenvalue weighted by molar-refractivity contribution is 0.129. The van der Waals surface area contributed by atoms with Crippen molar-refractivity contribution in [3.63, 3.8) is 0 Å². The summed E-state index contributed by atoms with van der Waals surface area (Å²) in [6.07, 6.45) is 3.11. The van der Waals surface area contributed by atoms with Gasteiger partial charge in [-0.25, -0.2) is 18.1 Å². The van der Waals surface area contributed by atoms with Crippen LogP contribution in [0.1, 0.15) is 59.4 Å². The molecule has 7 nitrogen and oxygen atoms in total. The van der Waals surface area contributed by atoms with E-state index in [0.717, 1.165) is 39.0 Å². The van der Waals surface area contributed by atoms with Gasteiger partial charge in [-0.2, -0.15) is 0 Å². The molecule has 0 bridgehead atoms. The molecule has 0 saturated carbocycles. The van der Waals surface area contributed by atoms with Gasteiger partial charge in [0.2, 0.25) is 10.0 Å². The van der Waals surface area contributed by atoms with Crippen molar-refractivity contribution >= 4 is 16.0 Å². The average molecular weight is 427 g/mol. The summed E-state index contributed by atoms with van der Waals surface area (Å²) in [5, 5.41) is 6.47. The van der Waals surface area contributed by atoms with Crippen molar-refractivity contribution in [1.29, 1.82) is 0 Å². The van der Waals surface area contributed by atoms with Crippen LogP contribution in [0.25, 0.3) is 0 Å². The molecule has 0 aliphatic heterocycles. The third kappa shape index (κ3) is 10.6. The Morgan fingerprint density at radius 2 is 1.76 bits per heavy atom. The van der Waals surface area contributed by atoms with Gasteiger partial charge >= 0.3 is 0 Å². The molecule has 0 saturated heterocycles. The highest BCUT2D eigenvalue weighted by molar-refractivity contribution is 7.89. The van der Waals surface area contributed by atoms with Crippen LogP contribution < -0.4 is 15.4 Å². The first-order valence-corrected chi connectivity index (χ1v) is 11.9. The van der Waals surface area contributed by atoms with E-state index in [-0.39, 0.29) is 11.4 Å². The Morgan fingerprint density at radius 1 is 1.07 bits per heavy atom. The molecule has 29 heavy (non-hydrogen) atoms. The van der Waals surface area contributed by atoms with Crippen molar-refractivity contribution in [2.45, 2.75) is 70.9 Å². The Kier molecular flexibility index (Phi) is 11.2. The first kappa shape index (κ1) is 25.4. The minimum Gasteiger partial charge on any atom is -0.381 e. The summed E-state index contributed by atoms with van der Waals surface area (Å²) in [5.41, 5.74) is 0.106. The number of unbranched alkanes of at least 4 members (excludes halogenated alkanes) is 1. The zero-order chi connectivity index (χ0) is 21.8. The van der Waals surface area contributed by atoms with Crippen LogP contribution in [-0.4, -0.2) is 46.2 Å². The summed E-state index contributed by atoms with van der Waals surface area (Å²) in [6, 6.07) is 6.97. The largest absolute Gasteiger partial charge is 0.381 e. The van der Waals surface area contributed by atoms with Gasteiger partial charge in [0.25, 0.3) is 0 Å². The summed E-state index contributed by atoms with van der Waals surface area (Å²) < 4.78 is 33.8. The van der Waals surface area contributed by atoms with E-state index in [1.54, 1.807) is 18.2 Å². The Hall–Kier alpha value is -1.64. The Morgan fingerprint density at radius 3 is 2.41 bits per heavy atom. The molecule has 0 amide bonds.